The maximum Gasteiger partial charge on any atom is 0.280 e. The fraction of sp³-hybridized carbons (Fsp3) is 0.684. The van der Waals surface area contributed by atoms with Crippen molar-refractivity contribution in [2.24, 2.45) is 4.99 Å². The summed E-state index contributed by atoms with van der Waals surface area (Å²) in [7, 11) is 1.60. The van der Waals surface area contributed by atoms with Crippen LogP contribution in [0, 0.1) is 0 Å². The van der Waals surface area contributed by atoms with Crippen LogP contribution in [0.4, 0.5) is 5.95 Å². The third-order valence-electron chi connectivity index (χ3n) is 6.21. The molecule has 0 aliphatic carbocycles. The molecule has 2 aliphatic rings. The number of rotatable bonds is 4. The summed E-state index contributed by atoms with van der Waals surface area (Å²) < 4.78 is 14.4. The molecule has 4 rings (SSSR count). The lowest BCUT2D eigenvalue weighted by atomic mass is 10.1. The molecular formula is C19H30N6O4Si. The second kappa shape index (κ2) is 6.97. The SMILES string of the molecule is CN(C)/C=N/c1nc2c(nc3n2[C@H]2C[C@H](O[Si](C)(C)C(C)(C)C)[C@H](O2)[C@H]3O)c(=O)[nH]1. The van der Waals surface area contributed by atoms with Gasteiger partial charge >= 0.3 is 0 Å². The largest absolute Gasteiger partial charge is 0.411 e. The topological polar surface area (TPSA) is 118 Å². The predicted octanol–water partition coefficient (Wildman–Crippen LogP) is 2.07. The standard InChI is InChI=1S/C19H30N6O4Si/c1-19(2,3)30(6,7)29-10-8-11-25-15-12(21-16(25)13(26)14(10)28-11)17(27)23-18(22-15)20-9-24(4)5/h9-11,13-14,26H,8H2,1-7H3,(H,22,23,27)/b20-9+/t10-,11+,13+,14-/m0/s1. The Morgan fingerprint density at radius 2 is 2.07 bits per heavy atom. The van der Waals surface area contributed by atoms with Crippen LogP contribution < -0.4 is 5.56 Å². The Morgan fingerprint density at radius 1 is 1.37 bits per heavy atom. The molecule has 0 spiro atoms. The zero-order chi connectivity index (χ0) is 22.0. The quantitative estimate of drug-likeness (QED) is 0.430. The number of aliphatic imine (C=N–C) groups is 1. The van der Waals surface area contributed by atoms with Crippen LogP contribution in [0.25, 0.3) is 11.2 Å². The molecule has 4 heterocycles. The van der Waals surface area contributed by atoms with Gasteiger partial charge in [-0.15, -0.1) is 0 Å². The van der Waals surface area contributed by atoms with Crippen LogP contribution >= 0.6 is 0 Å². The van der Waals surface area contributed by atoms with Gasteiger partial charge in [-0.05, 0) is 18.1 Å². The molecule has 1 fully saturated rings. The highest BCUT2D eigenvalue weighted by Crippen LogP contribution is 2.47. The van der Waals surface area contributed by atoms with E-state index in [2.05, 4.69) is 53.8 Å². The van der Waals surface area contributed by atoms with Gasteiger partial charge in [0.2, 0.25) is 5.95 Å². The van der Waals surface area contributed by atoms with E-state index in [1.165, 1.54) is 0 Å². The highest BCUT2D eigenvalue weighted by atomic mass is 28.4. The normalized spacial score (nSPS) is 26.5. The number of fused-ring (bicyclic) bond motifs is 6. The van der Waals surface area contributed by atoms with Gasteiger partial charge in [-0.25, -0.2) is 9.98 Å². The van der Waals surface area contributed by atoms with Gasteiger partial charge in [0.05, 0.1) is 12.4 Å². The van der Waals surface area contributed by atoms with Gasteiger partial charge < -0.3 is 19.2 Å². The molecule has 0 radical (unpaired) electrons. The average Bonchev–Trinajstić information content (AvgIpc) is 3.17. The minimum atomic E-state index is -2.05. The van der Waals surface area contributed by atoms with Crippen molar-refractivity contribution in [3.63, 3.8) is 0 Å². The number of nitrogens with zero attached hydrogens (tertiary/aromatic N) is 5. The molecule has 164 valence electrons. The van der Waals surface area contributed by atoms with E-state index >= 15 is 0 Å². The summed E-state index contributed by atoms with van der Waals surface area (Å²) in [6.07, 6.45) is -0.0293. The first kappa shape index (κ1) is 21.2. The smallest absolute Gasteiger partial charge is 0.280 e. The predicted molar refractivity (Wildman–Crippen MR) is 116 cm³/mol. The second-order valence-corrected chi connectivity index (χ2v) is 14.5. The molecule has 0 saturated carbocycles. The number of H-pyrrole nitrogens is 1. The van der Waals surface area contributed by atoms with Gasteiger partial charge in [-0.3, -0.25) is 14.3 Å². The zero-order valence-corrected chi connectivity index (χ0v) is 19.5. The molecule has 2 N–H and O–H groups in total. The number of ether oxygens (including phenoxy) is 1. The molecule has 2 aromatic rings. The number of aromatic amines is 1. The number of hydrogen-bond donors (Lipinski definition) is 2. The summed E-state index contributed by atoms with van der Waals surface area (Å²) in [5.41, 5.74) is 0.131. The number of aliphatic hydroxyl groups is 1. The minimum absolute atomic E-state index is 0.0448. The van der Waals surface area contributed by atoms with Crippen molar-refractivity contribution in [2.75, 3.05) is 14.1 Å². The Hall–Kier alpha value is -2.08. The molecule has 2 aromatic heterocycles. The summed E-state index contributed by atoms with van der Waals surface area (Å²) in [5.74, 6) is 0.562. The first-order valence-corrected chi connectivity index (χ1v) is 13.0. The Bertz CT molecular complexity index is 1050. The van der Waals surface area contributed by atoms with E-state index in [1.807, 2.05) is 14.1 Å². The highest BCUT2D eigenvalue weighted by Gasteiger charge is 2.52. The third-order valence-corrected chi connectivity index (χ3v) is 10.7. The molecule has 0 amide bonds. The summed E-state index contributed by atoms with van der Waals surface area (Å²) >= 11 is 0. The van der Waals surface area contributed by atoms with Crippen LogP contribution in [0.3, 0.4) is 0 Å². The summed E-state index contributed by atoms with van der Waals surface area (Å²) in [4.78, 5) is 30.0. The Morgan fingerprint density at radius 3 is 2.70 bits per heavy atom. The zero-order valence-electron chi connectivity index (χ0n) is 18.5. The summed E-state index contributed by atoms with van der Waals surface area (Å²) in [6.45, 7) is 10.9. The molecule has 10 nitrogen and oxygen atoms in total. The lowest BCUT2D eigenvalue weighted by Gasteiger charge is -2.39. The third kappa shape index (κ3) is 3.39. The van der Waals surface area contributed by atoms with Gasteiger partial charge in [0.15, 0.2) is 19.5 Å². The van der Waals surface area contributed by atoms with E-state index in [4.69, 9.17) is 9.16 Å². The van der Waals surface area contributed by atoms with Crippen molar-refractivity contribution in [2.45, 2.75) is 69.9 Å². The van der Waals surface area contributed by atoms with E-state index in [0.29, 0.717) is 17.9 Å². The number of aliphatic hydroxyl groups excluding tert-OH is 1. The Kier molecular flexibility index (Phi) is 4.92. The molecule has 1 saturated heterocycles. The van der Waals surface area contributed by atoms with Gasteiger partial charge in [-0.1, -0.05) is 20.8 Å². The van der Waals surface area contributed by atoms with Crippen molar-refractivity contribution >= 4 is 31.8 Å². The van der Waals surface area contributed by atoms with E-state index in [1.54, 1.807) is 15.8 Å². The Labute approximate surface area is 176 Å². The highest BCUT2D eigenvalue weighted by molar-refractivity contribution is 6.74. The van der Waals surface area contributed by atoms with Crippen molar-refractivity contribution in [1.82, 2.24) is 24.4 Å². The first-order chi connectivity index (χ1) is 13.9. The lowest BCUT2D eigenvalue weighted by Crippen LogP contribution is -2.47. The lowest BCUT2D eigenvalue weighted by molar-refractivity contribution is -0.108. The summed E-state index contributed by atoms with van der Waals surface area (Å²) in [6, 6.07) is 0. The molecule has 11 heteroatoms. The monoisotopic (exact) mass is 434 g/mol. The first-order valence-electron chi connectivity index (χ1n) is 10.1. The van der Waals surface area contributed by atoms with Crippen molar-refractivity contribution < 1.29 is 14.3 Å². The van der Waals surface area contributed by atoms with Crippen molar-refractivity contribution in [3.05, 3.63) is 16.2 Å². The van der Waals surface area contributed by atoms with E-state index in [0.717, 1.165) is 0 Å². The fourth-order valence-electron chi connectivity index (χ4n) is 3.63. The van der Waals surface area contributed by atoms with Crippen LogP contribution in [-0.4, -0.2) is 70.5 Å². The van der Waals surface area contributed by atoms with Gasteiger partial charge in [0.1, 0.15) is 24.3 Å². The number of aromatic nitrogens is 4. The molecule has 2 bridgehead atoms. The van der Waals surface area contributed by atoms with Crippen LogP contribution in [0.15, 0.2) is 9.79 Å². The molecule has 2 aliphatic heterocycles. The summed E-state index contributed by atoms with van der Waals surface area (Å²) in [5, 5.41) is 11.1. The Balaban J connectivity index is 1.72. The van der Waals surface area contributed by atoms with Gasteiger partial charge in [0.25, 0.3) is 5.56 Å². The molecule has 0 unspecified atom stereocenters. The van der Waals surface area contributed by atoms with Gasteiger partial charge in [0, 0.05) is 20.5 Å². The maximum atomic E-state index is 12.5. The van der Waals surface area contributed by atoms with Gasteiger partial charge in [-0.2, -0.15) is 4.98 Å². The van der Waals surface area contributed by atoms with Crippen LogP contribution in [0.2, 0.25) is 18.1 Å². The fourth-order valence-corrected chi connectivity index (χ4v) is 4.97. The van der Waals surface area contributed by atoms with E-state index in [9.17, 15) is 9.90 Å². The van der Waals surface area contributed by atoms with E-state index in [-0.39, 0.29) is 22.6 Å². The molecular weight excluding hydrogens is 404 g/mol. The van der Waals surface area contributed by atoms with Crippen LogP contribution in [0.1, 0.15) is 45.3 Å². The molecule has 30 heavy (non-hydrogen) atoms. The molecule has 4 atom stereocenters. The van der Waals surface area contributed by atoms with E-state index < -0.39 is 32.3 Å². The molecule has 0 aromatic carbocycles. The second-order valence-electron chi connectivity index (χ2n) is 9.76. The van der Waals surface area contributed by atoms with Crippen molar-refractivity contribution in [3.8, 4) is 0 Å². The van der Waals surface area contributed by atoms with Crippen LogP contribution in [-0.2, 0) is 9.16 Å². The van der Waals surface area contributed by atoms with Crippen molar-refractivity contribution in [1.29, 1.82) is 0 Å². The minimum Gasteiger partial charge on any atom is -0.411 e. The van der Waals surface area contributed by atoms with Crippen LogP contribution in [0.5, 0.6) is 0 Å². The number of imidazole rings is 1. The maximum absolute atomic E-state index is 12.5. The number of hydrogen-bond acceptors (Lipinski definition) is 7. The average molecular weight is 435 g/mol. The number of nitrogens with one attached hydrogen (secondary N) is 1.